The van der Waals surface area contributed by atoms with E-state index in [1.165, 1.54) is 18.2 Å². The Hall–Kier alpha value is -2.51. The molecule has 1 heterocycles. The highest BCUT2D eigenvalue weighted by molar-refractivity contribution is 6.33. The summed E-state index contributed by atoms with van der Waals surface area (Å²) in [5, 5.41) is 44.0. The first-order valence-electron chi connectivity index (χ1n) is 18.8. The number of Topliss-reactive ketones (excluding diaryl/α,β-unsaturated/α-hetero) is 1. The van der Waals surface area contributed by atoms with Crippen LogP contribution in [0.4, 0.5) is 13.2 Å². The lowest BCUT2D eigenvalue weighted by atomic mass is 9.32. The van der Waals surface area contributed by atoms with E-state index >= 15 is 0 Å². The zero-order chi connectivity index (χ0) is 38.2. The molecule has 1 aromatic heterocycles. The molecule has 9 atom stereocenters. The maximum Gasteiger partial charge on any atom is 0.416 e. The number of nitrogens with zero attached hydrogens (tertiary/aromatic N) is 1. The summed E-state index contributed by atoms with van der Waals surface area (Å²) in [7, 11) is 1.63. The molecule has 3 saturated carbocycles. The molecule has 1 unspecified atom stereocenters. The lowest BCUT2D eigenvalue weighted by Gasteiger charge is -2.71. The minimum absolute atomic E-state index is 0.00823. The molecule has 53 heavy (non-hydrogen) atoms. The van der Waals surface area contributed by atoms with Crippen LogP contribution in [0, 0.1) is 33.5 Å². The number of carbonyl (C=O) groups excluding carboxylic acids is 1. The van der Waals surface area contributed by atoms with E-state index in [0.717, 1.165) is 31.4 Å². The van der Waals surface area contributed by atoms with Crippen molar-refractivity contribution in [2.75, 3.05) is 40.0 Å². The SMILES string of the molecule is COCCCN(C[C@H](O)CO)C[C@]1(O)CC[C@H]2[C@]34C=C[C@@]5(C=C3C(=O)c3ccc(-c6cc(C(F)(F)F)ccc6Cl)o3)CC(O)CC[C@]5(C)[C@H]4CC[C@@]21C. The van der Waals surface area contributed by atoms with Crippen molar-refractivity contribution >= 4 is 17.4 Å². The van der Waals surface area contributed by atoms with Crippen LogP contribution >= 0.6 is 11.6 Å². The lowest BCUT2D eigenvalue weighted by molar-refractivity contribution is -0.177. The van der Waals surface area contributed by atoms with Gasteiger partial charge in [0.1, 0.15) is 5.76 Å². The van der Waals surface area contributed by atoms with Crippen LogP contribution in [-0.2, 0) is 10.9 Å². The average Bonchev–Trinajstić information content (AvgIpc) is 3.70. The molecule has 290 valence electrons. The lowest BCUT2D eigenvalue weighted by Crippen LogP contribution is -2.67. The highest BCUT2D eigenvalue weighted by atomic mass is 35.5. The Balaban J connectivity index is 1.29. The highest BCUT2D eigenvalue weighted by Crippen LogP contribution is 2.78. The molecule has 8 rings (SSSR count). The molecule has 0 amide bonds. The topological polar surface area (TPSA) is 124 Å². The van der Waals surface area contributed by atoms with Crippen molar-refractivity contribution in [3.05, 3.63) is 70.5 Å². The van der Waals surface area contributed by atoms with Crippen LogP contribution in [-0.4, -0.2) is 88.9 Å². The molecule has 0 radical (unpaired) electrons. The van der Waals surface area contributed by atoms with Crippen molar-refractivity contribution in [3.8, 4) is 11.3 Å². The maximum atomic E-state index is 15.0. The van der Waals surface area contributed by atoms with Gasteiger partial charge < -0.3 is 29.6 Å². The number of furan rings is 1. The molecule has 2 spiro atoms. The van der Waals surface area contributed by atoms with E-state index in [9.17, 15) is 38.4 Å². The Morgan fingerprint density at radius 1 is 1.08 bits per heavy atom. The van der Waals surface area contributed by atoms with Crippen LogP contribution < -0.4 is 0 Å². The van der Waals surface area contributed by atoms with E-state index < -0.39 is 52.4 Å². The molecule has 3 fully saturated rings. The van der Waals surface area contributed by atoms with Crippen molar-refractivity contribution in [2.24, 2.45) is 33.5 Å². The van der Waals surface area contributed by atoms with Gasteiger partial charge in [0.2, 0.25) is 5.78 Å². The highest BCUT2D eigenvalue weighted by Gasteiger charge is 2.74. The number of halogens is 4. The zero-order valence-corrected chi connectivity index (χ0v) is 31.3. The first kappa shape index (κ1) is 38.8. The third-order valence-corrected chi connectivity index (χ3v) is 14.7. The van der Waals surface area contributed by atoms with E-state index in [1.807, 2.05) is 4.90 Å². The van der Waals surface area contributed by atoms with Gasteiger partial charge in [-0.3, -0.25) is 9.69 Å². The van der Waals surface area contributed by atoms with Crippen molar-refractivity contribution in [2.45, 2.75) is 89.2 Å². The monoisotopic (exact) mass is 761 g/mol. The predicted molar refractivity (Wildman–Crippen MR) is 193 cm³/mol. The van der Waals surface area contributed by atoms with E-state index in [1.54, 1.807) is 7.11 Å². The van der Waals surface area contributed by atoms with Crippen LogP contribution in [0.2, 0.25) is 5.02 Å². The number of alkyl halides is 3. The average molecular weight is 762 g/mol. The summed E-state index contributed by atoms with van der Waals surface area (Å²) < 4.78 is 52.3. The smallest absolute Gasteiger partial charge is 0.416 e. The van der Waals surface area contributed by atoms with E-state index in [2.05, 4.69) is 32.1 Å². The normalized spacial score (nSPS) is 36.6. The fourth-order valence-corrected chi connectivity index (χ4v) is 11.8. The van der Waals surface area contributed by atoms with Crippen LogP contribution in [0.5, 0.6) is 0 Å². The molecule has 1 aromatic carbocycles. The number of carbonyl (C=O) groups is 1. The standard InChI is InChI=1S/C41H51ClF3NO7/c1-36-12-9-26(48)20-38(36)15-16-40(29(21-38)35(50)32-8-7-31(53-32)28-19-25(41(43,44)45)5-6-30(28)42)33(36)10-13-37(2)34(40)11-14-39(37,51)24-46(17-4-18-52-3)22-27(49)23-47/h5-8,15-16,19,21,26-27,33-34,47-49,51H,4,9-14,17-18,20,22-24H2,1-3H3/t26?,27-,33+,34+,36+,37-,38-,39+,40+/m0/s1. The van der Waals surface area contributed by atoms with Gasteiger partial charge in [-0.1, -0.05) is 43.7 Å². The van der Waals surface area contributed by atoms with E-state index in [0.29, 0.717) is 50.8 Å². The van der Waals surface area contributed by atoms with Gasteiger partial charge in [-0.15, -0.1) is 0 Å². The summed E-state index contributed by atoms with van der Waals surface area (Å²) in [4.78, 5) is 17.0. The molecule has 12 heteroatoms. The zero-order valence-electron chi connectivity index (χ0n) is 30.6. The molecular formula is C41H51ClF3NO7. The van der Waals surface area contributed by atoms with E-state index in [-0.39, 0.29) is 58.2 Å². The van der Waals surface area contributed by atoms with Gasteiger partial charge in [-0.25, -0.2) is 0 Å². The molecule has 8 nitrogen and oxygen atoms in total. The molecule has 2 aromatic rings. The summed E-state index contributed by atoms with van der Waals surface area (Å²) in [6.07, 6.45) is 5.54. The number of hydrogen-bond acceptors (Lipinski definition) is 8. The number of aliphatic hydroxyl groups excluding tert-OH is 3. The Kier molecular flexibility index (Phi) is 9.95. The fourth-order valence-electron chi connectivity index (χ4n) is 11.6. The van der Waals surface area contributed by atoms with Crippen molar-refractivity contribution in [3.63, 3.8) is 0 Å². The van der Waals surface area contributed by atoms with Gasteiger partial charge in [-0.05, 0) is 98.9 Å². The molecular weight excluding hydrogens is 711 g/mol. The quantitative estimate of drug-likeness (QED) is 0.103. The van der Waals surface area contributed by atoms with Crippen LogP contribution in [0.1, 0.15) is 81.3 Å². The second-order valence-electron chi connectivity index (χ2n) is 16.9. The molecule has 0 saturated heterocycles. The largest absolute Gasteiger partial charge is 0.453 e. The first-order valence-corrected chi connectivity index (χ1v) is 19.2. The second kappa shape index (κ2) is 13.6. The summed E-state index contributed by atoms with van der Waals surface area (Å²) in [6, 6.07) is 5.97. The van der Waals surface area contributed by atoms with Gasteiger partial charge >= 0.3 is 6.18 Å². The summed E-state index contributed by atoms with van der Waals surface area (Å²) >= 11 is 6.36. The Bertz CT molecular complexity index is 1790. The van der Waals surface area contributed by atoms with E-state index in [4.69, 9.17) is 20.8 Å². The number of rotatable bonds is 12. The van der Waals surface area contributed by atoms with Gasteiger partial charge in [-0.2, -0.15) is 13.2 Å². The fraction of sp³-hybridized carbons (Fsp3) is 0.634. The number of aliphatic hydroxyl groups is 4. The number of hydrogen-bond donors (Lipinski definition) is 4. The summed E-state index contributed by atoms with van der Waals surface area (Å²) in [5.74, 6) is -0.441. The molecule has 2 bridgehead atoms. The number of fused-ring (bicyclic) bond motifs is 1. The second-order valence-corrected chi connectivity index (χ2v) is 17.3. The summed E-state index contributed by atoms with van der Waals surface area (Å²) in [6.45, 7) is 5.58. The number of ether oxygens (including phenoxy) is 1. The number of benzene rings is 1. The third-order valence-electron chi connectivity index (χ3n) is 14.3. The number of allylic oxidation sites excluding steroid dienone is 4. The third kappa shape index (κ3) is 5.99. The predicted octanol–water partition coefficient (Wildman–Crippen LogP) is 7.08. The van der Waals surface area contributed by atoms with Crippen LogP contribution in [0.15, 0.2) is 58.6 Å². The minimum Gasteiger partial charge on any atom is -0.453 e. The molecule has 6 aliphatic carbocycles. The molecule has 6 aliphatic rings. The van der Waals surface area contributed by atoms with Gasteiger partial charge in [0.15, 0.2) is 5.76 Å². The Morgan fingerprint density at radius 3 is 2.51 bits per heavy atom. The van der Waals surface area contributed by atoms with Gasteiger partial charge in [0, 0.05) is 60.7 Å². The minimum atomic E-state index is -4.59. The first-order chi connectivity index (χ1) is 25.0. The summed E-state index contributed by atoms with van der Waals surface area (Å²) in [5.41, 5.74) is -3.72. The number of methoxy groups -OCH3 is 1. The van der Waals surface area contributed by atoms with Gasteiger partial charge in [0.05, 0.1) is 35.0 Å². The van der Waals surface area contributed by atoms with Crippen molar-refractivity contribution in [1.82, 2.24) is 4.90 Å². The Labute approximate surface area is 313 Å². The van der Waals surface area contributed by atoms with Crippen molar-refractivity contribution in [1.29, 1.82) is 0 Å². The molecule has 0 aliphatic heterocycles. The molecule has 4 N–H and O–H groups in total. The van der Waals surface area contributed by atoms with Gasteiger partial charge in [0.25, 0.3) is 0 Å². The van der Waals surface area contributed by atoms with Crippen molar-refractivity contribution < 1.29 is 47.5 Å². The van der Waals surface area contributed by atoms with Crippen LogP contribution in [0.3, 0.4) is 0 Å². The van der Waals surface area contributed by atoms with Crippen LogP contribution in [0.25, 0.3) is 11.3 Å². The number of ketones is 1. The maximum absolute atomic E-state index is 15.0. The Morgan fingerprint density at radius 2 is 1.79 bits per heavy atom.